The van der Waals surface area contributed by atoms with Crippen LogP contribution < -0.4 is 5.32 Å². The highest BCUT2D eigenvalue weighted by atomic mass is 35.5. The van der Waals surface area contributed by atoms with Crippen LogP contribution in [0.3, 0.4) is 0 Å². The van der Waals surface area contributed by atoms with E-state index in [-0.39, 0.29) is 18.0 Å². The van der Waals surface area contributed by atoms with Crippen molar-refractivity contribution in [1.29, 1.82) is 0 Å². The van der Waals surface area contributed by atoms with Gasteiger partial charge in [0.15, 0.2) is 0 Å². The molecule has 0 heterocycles. The summed E-state index contributed by atoms with van der Waals surface area (Å²) in [7, 11) is 0. The lowest BCUT2D eigenvalue weighted by Crippen LogP contribution is -2.07. The second-order valence-electron chi connectivity index (χ2n) is 2.70. The topological polar surface area (TPSA) is 49.3 Å². The van der Waals surface area contributed by atoms with E-state index >= 15 is 0 Å². The van der Waals surface area contributed by atoms with E-state index in [1.165, 1.54) is 18.2 Å². The molecule has 14 heavy (non-hydrogen) atoms. The molecule has 0 aliphatic carbocycles. The molecule has 0 saturated heterocycles. The summed E-state index contributed by atoms with van der Waals surface area (Å²) in [6.45, 7) is 0.289. The van der Waals surface area contributed by atoms with Crippen LogP contribution in [0.1, 0.15) is 6.42 Å². The zero-order valence-corrected chi connectivity index (χ0v) is 8.01. The lowest BCUT2D eigenvalue weighted by atomic mass is 10.3. The summed E-state index contributed by atoms with van der Waals surface area (Å²) in [5, 5.41) is 11.2. The van der Waals surface area contributed by atoms with Gasteiger partial charge in [-0.25, -0.2) is 4.39 Å². The molecule has 1 aromatic rings. The molecule has 0 radical (unpaired) electrons. The Kier molecular flexibility index (Phi) is 3.71. The van der Waals surface area contributed by atoms with E-state index in [0.29, 0.717) is 5.69 Å². The SMILES string of the molecule is O=C(O)CCNc1ccc(F)c(Cl)c1. The number of rotatable bonds is 4. The fraction of sp³-hybridized carbons (Fsp3) is 0.222. The molecule has 76 valence electrons. The first kappa shape index (κ1) is 10.8. The first-order chi connectivity index (χ1) is 6.59. The number of benzene rings is 1. The van der Waals surface area contributed by atoms with Crippen molar-refractivity contribution >= 4 is 23.3 Å². The van der Waals surface area contributed by atoms with Crippen LogP contribution in [-0.4, -0.2) is 17.6 Å². The van der Waals surface area contributed by atoms with Crippen LogP contribution in [0, 0.1) is 5.82 Å². The highest BCUT2D eigenvalue weighted by molar-refractivity contribution is 6.31. The number of aliphatic carboxylic acids is 1. The first-order valence-electron chi connectivity index (χ1n) is 4.00. The summed E-state index contributed by atoms with van der Waals surface area (Å²) in [4.78, 5) is 10.2. The molecule has 5 heteroatoms. The molecule has 0 saturated carbocycles. The summed E-state index contributed by atoms with van der Waals surface area (Å²) in [6, 6.07) is 4.15. The van der Waals surface area contributed by atoms with Gasteiger partial charge in [0.25, 0.3) is 0 Å². The van der Waals surface area contributed by atoms with Gasteiger partial charge < -0.3 is 10.4 Å². The smallest absolute Gasteiger partial charge is 0.305 e. The Hall–Kier alpha value is -1.29. The van der Waals surface area contributed by atoms with E-state index < -0.39 is 11.8 Å². The molecule has 0 aromatic heterocycles. The zero-order valence-electron chi connectivity index (χ0n) is 7.26. The summed E-state index contributed by atoms with van der Waals surface area (Å²) in [5.41, 5.74) is 0.609. The van der Waals surface area contributed by atoms with Gasteiger partial charge in [0.1, 0.15) is 5.82 Å². The molecule has 3 nitrogen and oxygen atoms in total. The second-order valence-corrected chi connectivity index (χ2v) is 3.11. The van der Waals surface area contributed by atoms with Crippen molar-refractivity contribution in [3.63, 3.8) is 0 Å². The lowest BCUT2D eigenvalue weighted by molar-refractivity contribution is -0.136. The first-order valence-corrected chi connectivity index (χ1v) is 4.38. The molecule has 0 amide bonds. The van der Waals surface area contributed by atoms with Crippen LogP contribution in [0.2, 0.25) is 5.02 Å². The van der Waals surface area contributed by atoms with Crippen LogP contribution in [0.4, 0.5) is 10.1 Å². The molecular weight excluding hydrogens is 209 g/mol. The predicted molar refractivity (Wildman–Crippen MR) is 52.2 cm³/mol. The summed E-state index contributed by atoms with van der Waals surface area (Å²) < 4.78 is 12.7. The largest absolute Gasteiger partial charge is 0.481 e. The van der Waals surface area contributed by atoms with Crippen molar-refractivity contribution in [2.24, 2.45) is 0 Å². The van der Waals surface area contributed by atoms with Crippen molar-refractivity contribution in [3.8, 4) is 0 Å². The van der Waals surface area contributed by atoms with Crippen LogP contribution in [0.5, 0.6) is 0 Å². The lowest BCUT2D eigenvalue weighted by Gasteiger charge is -2.04. The molecule has 0 spiro atoms. The standard InChI is InChI=1S/C9H9ClFNO2/c10-7-5-6(1-2-8(7)11)12-4-3-9(13)14/h1-2,5,12H,3-4H2,(H,13,14). The number of halogens is 2. The molecule has 2 N–H and O–H groups in total. The Morgan fingerprint density at radius 1 is 1.57 bits per heavy atom. The number of hydrogen-bond acceptors (Lipinski definition) is 2. The monoisotopic (exact) mass is 217 g/mol. The van der Waals surface area contributed by atoms with Gasteiger partial charge in [0.05, 0.1) is 11.4 Å². The van der Waals surface area contributed by atoms with Gasteiger partial charge in [-0.15, -0.1) is 0 Å². The van der Waals surface area contributed by atoms with Gasteiger partial charge in [-0.05, 0) is 18.2 Å². The van der Waals surface area contributed by atoms with Gasteiger partial charge >= 0.3 is 5.97 Å². The molecule has 0 fully saturated rings. The molecule has 1 rings (SSSR count). The Morgan fingerprint density at radius 2 is 2.29 bits per heavy atom. The number of nitrogens with one attached hydrogen (secondary N) is 1. The van der Waals surface area contributed by atoms with Crippen LogP contribution in [0.15, 0.2) is 18.2 Å². The molecule has 1 aromatic carbocycles. The van der Waals surface area contributed by atoms with Gasteiger partial charge in [-0.2, -0.15) is 0 Å². The van der Waals surface area contributed by atoms with Crippen molar-refractivity contribution in [2.45, 2.75) is 6.42 Å². The third kappa shape index (κ3) is 3.22. The maximum absolute atomic E-state index is 12.7. The zero-order chi connectivity index (χ0) is 10.6. The van der Waals surface area contributed by atoms with Crippen LogP contribution in [-0.2, 0) is 4.79 Å². The fourth-order valence-electron chi connectivity index (χ4n) is 0.920. The van der Waals surface area contributed by atoms with E-state index in [0.717, 1.165) is 0 Å². The van der Waals surface area contributed by atoms with Crippen LogP contribution >= 0.6 is 11.6 Å². The fourth-order valence-corrected chi connectivity index (χ4v) is 1.10. The Labute approximate surface area is 85.5 Å². The van der Waals surface area contributed by atoms with Crippen molar-refractivity contribution < 1.29 is 14.3 Å². The quantitative estimate of drug-likeness (QED) is 0.814. The molecular formula is C9H9ClFNO2. The number of hydrogen-bond donors (Lipinski definition) is 2. The Balaban J connectivity index is 2.51. The van der Waals surface area contributed by atoms with Crippen molar-refractivity contribution in [3.05, 3.63) is 29.0 Å². The minimum absolute atomic E-state index is 0.00892. The van der Waals surface area contributed by atoms with Gasteiger partial charge in [-0.3, -0.25) is 4.79 Å². The van der Waals surface area contributed by atoms with E-state index in [1.54, 1.807) is 0 Å². The van der Waals surface area contributed by atoms with Crippen molar-refractivity contribution in [2.75, 3.05) is 11.9 Å². The van der Waals surface area contributed by atoms with E-state index in [1.807, 2.05) is 0 Å². The molecule has 0 unspecified atom stereocenters. The molecule has 0 bridgehead atoms. The second kappa shape index (κ2) is 4.81. The third-order valence-corrected chi connectivity index (χ3v) is 1.88. The van der Waals surface area contributed by atoms with Gasteiger partial charge in [-0.1, -0.05) is 11.6 Å². The highest BCUT2D eigenvalue weighted by Crippen LogP contribution is 2.19. The summed E-state index contributed by atoms with van der Waals surface area (Å²) in [5.74, 6) is -1.37. The number of anilines is 1. The van der Waals surface area contributed by atoms with Gasteiger partial charge in [0.2, 0.25) is 0 Å². The Morgan fingerprint density at radius 3 is 2.86 bits per heavy atom. The van der Waals surface area contributed by atoms with E-state index in [2.05, 4.69) is 5.32 Å². The minimum atomic E-state index is -0.884. The third-order valence-electron chi connectivity index (χ3n) is 1.59. The minimum Gasteiger partial charge on any atom is -0.481 e. The Bertz CT molecular complexity index is 344. The normalized spacial score (nSPS) is 9.86. The average molecular weight is 218 g/mol. The van der Waals surface area contributed by atoms with E-state index in [4.69, 9.17) is 16.7 Å². The number of carboxylic acid groups (broad SMARTS) is 1. The molecule has 0 atom stereocenters. The predicted octanol–water partition coefficient (Wildman–Crippen LogP) is 2.37. The maximum atomic E-state index is 12.7. The average Bonchev–Trinajstić information content (AvgIpc) is 2.10. The highest BCUT2D eigenvalue weighted by Gasteiger charge is 2.01. The number of carboxylic acids is 1. The number of carbonyl (C=O) groups is 1. The summed E-state index contributed by atoms with van der Waals surface area (Å²) in [6.07, 6.45) is 0.00892. The maximum Gasteiger partial charge on any atom is 0.305 e. The molecule has 0 aliphatic rings. The van der Waals surface area contributed by atoms with E-state index in [9.17, 15) is 9.18 Å². The van der Waals surface area contributed by atoms with Crippen LogP contribution in [0.25, 0.3) is 0 Å². The molecule has 0 aliphatic heterocycles. The van der Waals surface area contributed by atoms with Gasteiger partial charge in [0, 0.05) is 12.2 Å². The summed E-state index contributed by atoms with van der Waals surface area (Å²) >= 11 is 5.52. The van der Waals surface area contributed by atoms with Crippen molar-refractivity contribution in [1.82, 2.24) is 0 Å².